The van der Waals surface area contributed by atoms with Crippen molar-refractivity contribution in [2.45, 2.75) is 0 Å². The van der Waals surface area contributed by atoms with Crippen LogP contribution in [0.15, 0.2) is 48.5 Å². The van der Waals surface area contributed by atoms with Gasteiger partial charge >= 0.3 is 0 Å². The van der Waals surface area contributed by atoms with Gasteiger partial charge in [0.25, 0.3) is 5.91 Å². The number of nitrogens with two attached hydrogens (primary N) is 1. The number of hydrogen-bond acceptors (Lipinski definition) is 7. The number of nitriles is 1. The van der Waals surface area contributed by atoms with E-state index >= 15 is 0 Å². The molecule has 0 radical (unpaired) electrons. The molecule has 0 unspecified atom stereocenters. The fraction of sp³-hybridized carbons (Fsp3) is 0.0952. The standard InChI is InChI=1S/C21H18ClN7O/c1-29(2)21-27-18(26-20(24)28-21)14(12-23)10-13-6-5-7-15(11-13)25-19(30)16-8-3-4-9-17(16)22/h3-11H,1-2H3,(H,25,30)(H2,24,26,27,28)/b14-10+. The van der Waals surface area contributed by atoms with E-state index < -0.39 is 0 Å². The van der Waals surface area contributed by atoms with Crippen LogP contribution in [-0.4, -0.2) is 35.0 Å². The first kappa shape index (κ1) is 20.8. The lowest BCUT2D eigenvalue weighted by atomic mass is 10.1. The summed E-state index contributed by atoms with van der Waals surface area (Å²) in [7, 11) is 3.53. The molecule has 1 aromatic heterocycles. The molecule has 3 N–H and O–H groups in total. The quantitative estimate of drug-likeness (QED) is 0.607. The predicted molar refractivity (Wildman–Crippen MR) is 118 cm³/mol. The second kappa shape index (κ2) is 9.03. The third-order valence-corrected chi connectivity index (χ3v) is 4.31. The zero-order chi connectivity index (χ0) is 21.7. The van der Waals surface area contributed by atoms with Crippen molar-refractivity contribution in [2.24, 2.45) is 0 Å². The van der Waals surface area contributed by atoms with E-state index in [9.17, 15) is 10.1 Å². The first-order chi connectivity index (χ1) is 14.4. The van der Waals surface area contributed by atoms with Crippen molar-refractivity contribution >= 4 is 46.7 Å². The van der Waals surface area contributed by atoms with Crippen LogP contribution >= 0.6 is 11.6 Å². The van der Waals surface area contributed by atoms with Crippen molar-refractivity contribution in [1.29, 1.82) is 5.26 Å². The summed E-state index contributed by atoms with van der Waals surface area (Å²) in [5, 5.41) is 12.8. The fourth-order valence-corrected chi connectivity index (χ4v) is 2.79. The molecule has 30 heavy (non-hydrogen) atoms. The number of benzene rings is 2. The van der Waals surface area contributed by atoms with Crippen LogP contribution < -0.4 is 16.0 Å². The molecule has 0 saturated carbocycles. The second-order valence-corrected chi connectivity index (χ2v) is 6.85. The van der Waals surface area contributed by atoms with Crippen LogP contribution in [0.2, 0.25) is 5.02 Å². The summed E-state index contributed by atoms with van der Waals surface area (Å²) in [5.41, 5.74) is 7.55. The minimum Gasteiger partial charge on any atom is -0.368 e. The van der Waals surface area contributed by atoms with Crippen molar-refractivity contribution in [2.75, 3.05) is 30.0 Å². The molecular weight excluding hydrogens is 402 g/mol. The van der Waals surface area contributed by atoms with Gasteiger partial charge in [0.1, 0.15) is 6.07 Å². The first-order valence-electron chi connectivity index (χ1n) is 8.84. The van der Waals surface area contributed by atoms with Gasteiger partial charge in [-0.1, -0.05) is 35.9 Å². The van der Waals surface area contributed by atoms with Crippen molar-refractivity contribution < 1.29 is 4.79 Å². The molecule has 0 bridgehead atoms. The van der Waals surface area contributed by atoms with Gasteiger partial charge < -0.3 is 16.0 Å². The molecule has 3 aromatic rings. The molecule has 2 aromatic carbocycles. The Morgan fingerprint density at radius 1 is 1.17 bits per heavy atom. The zero-order valence-electron chi connectivity index (χ0n) is 16.3. The largest absolute Gasteiger partial charge is 0.368 e. The number of carbonyl (C=O) groups excluding carboxylic acids is 1. The number of nitrogens with one attached hydrogen (secondary N) is 1. The number of nitrogen functional groups attached to an aromatic ring is 1. The summed E-state index contributed by atoms with van der Waals surface area (Å²) in [5.74, 6) is 0.201. The summed E-state index contributed by atoms with van der Waals surface area (Å²) in [6.07, 6.45) is 1.61. The molecule has 0 atom stereocenters. The Morgan fingerprint density at radius 3 is 2.63 bits per heavy atom. The number of anilines is 3. The van der Waals surface area contributed by atoms with Crippen LogP contribution in [0.25, 0.3) is 11.6 Å². The van der Waals surface area contributed by atoms with Crippen molar-refractivity contribution in [3.05, 3.63) is 70.5 Å². The maximum absolute atomic E-state index is 12.5. The zero-order valence-corrected chi connectivity index (χ0v) is 17.1. The molecule has 8 nitrogen and oxygen atoms in total. The normalized spacial score (nSPS) is 10.9. The minimum absolute atomic E-state index is 0.0191. The summed E-state index contributed by atoms with van der Waals surface area (Å²) in [4.78, 5) is 26.5. The Kier molecular flexibility index (Phi) is 6.25. The van der Waals surface area contributed by atoms with Gasteiger partial charge in [0, 0.05) is 19.8 Å². The number of aromatic nitrogens is 3. The third-order valence-electron chi connectivity index (χ3n) is 3.98. The van der Waals surface area contributed by atoms with Crippen LogP contribution in [0, 0.1) is 11.3 Å². The van der Waals surface area contributed by atoms with E-state index in [-0.39, 0.29) is 23.3 Å². The second-order valence-electron chi connectivity index (χ2n) is 6.44. The number of carbonyl (C=O) groups is 1. The van der Waals surface area contributed by atoms with Gasteiger partial charge in [0.05, 0.1) is 16.2 Å². The van der Waals surface area contributed by atoms with Gasteiger partial charge in [0.2, 0.25) is 11.9 Å². The summed E-state index contributed by atoms with van der Waals surface area (Å²) in [6.45, 7) is 0. The molecule has 0 aliphatic carbocycles. The monoisotopic (exact) mass is 419 g/mol. The van der Waals surface area contributed by atoms with Gasteiger partial charge in [-0.2, -0.15) is 20.2 Å². The van der Waals surface area contributed by atoms with E-state index in [1.165, 1.54) is 0 Å². The Labute approximate surface area is 178 Å². The van der Waals surface area contributed by atoms with Gasteiger partial charge in [-0.3, -0.25) is 4.79 Å². The fourth-order valence-electron chi connectivity index (χ4n) is 2.56. The van der Waals surface area contributed by atoms with Gasteiger partial charge in [-0.05, 0) is 35.9 Å². The molecule has 0 spiro atoms. The molecule has 150 valence electrons. The van der Waals surface area contributed by atoms with Crippen molar-refractivity contribution in [3.63, 3.8) is 0 Å². The van der Waals surface area contributed by atoms with Gasteiger partial charge in [-0.15, -0.1) is 0 Å². The highest BCUT2D eigenvalue weighted by atomic mass is 35.5. The lowest BCUT2D eigenvalue weighted by molar-refractivity contribution is 0.102. The van der Waals surface area contributed by atoms with Crippen LogP contribution in [0.3, 0.4) is 0 Å². The van der Waals surface area contributed by atoms with Gasteiger partial charge in [0.15, 0.2) is 5.82 Å². The summed E-state index contributed by atoms with van der Waals surface area (Å²) < 4.78 is 0. The highest BCUT2D eigenvalue weighted by Gasteiger charge is 2.12. The Morgan fingerprint density at radius 2 is 1.93 bits per heavy atom. The van der Waals surface area contributed by atoms with Crippen LogP contribution in [-0.2, 0) is 0 Å². The molecule has 3 rings (SSSR count). The molecular formula is C21H18ClN7O. The van der Waals surface area contributed by atoms with E-state index in [1.807, 2.05) is 0 Å². The van der Waals surface area contributed by atoms with Crippen LogP contribution in [0.1, 0.15) is 21.7 Å². The lowest BCUT2D eigenvalue weighted by Crippen LogP contribution is -2.15. The Hall–Kier alpha value is -3.96. The molecule has 0 fully saturated rings. The Bertz CT molecular complexity index is 1170. The summed E-state index contributed by atoms with van der Waals surface area (Å²) in [6, 6.07) is 15.9. The van der Waals surface area contributed by atoms with E-state index in [4.69, 9.17) is 17.3 Å². The van der Waals surface area contributed by atoms with E-state index in [0.29, 0.717) is 27.8 Å². The van der Waals surface area contributed by atoms with Crippen molar-refractivity contribution in [1.82, 2.24) is 15.0 Å². The average molecular weight is 420 g/mol. The average Bonchev–Trinajstić information content (AvgIpc) is 2.72. The highest BCUT2D eigenvalue weighted by Crippen LogP contribution is 2.21. The SMILES string of the molecule is CN(C)c1nc(N)nc(/C(C#N)=C/c2cccc(NC(=O)c3ccccc3Cl)c2)n1. The number of rotatable bonds is 5. The highest BCUT2D eigenvalue weighted by molar-refractivity contribution is 6.34. The lowest BCUT2D eigenvalue weighted by Gasteiger charge is -2.11. The number of allylic oxidation sites excluding steroid dienone is 1. The molecule has 0 aliphatic rings. The van der Waals surface area contributed by atoms with E-state index in [1.54, 1.807) is 73.6 Å². The Balaban J connectivity index is 1.90. The molecule has 0 saturated heterocycles. The van der Waals surface area contributed by atoms with E-state index in [2.05, 4.69) is 26.3 Å². The molecule has 9 heteroatoms. The number of hydrogen-bond donors (Lipinski definition) is 2. The smallest absolute Gasteiger partial charge is 0.257 e. The number of nitrogens with zero attached hydrogens (tertiary/aromatic N) is 5. The maximum Gasteiger partial charge on any atom is 0.257 e. The molecule has 0 aliphatic heterocycles. The first-order valence-corrected chi connectivity index (χ1v) is 9.22. The number of amides is 1. The van der Waals surface area contributed by atoms with Crippen LogP contribution in [0.5, 0.6) is 0 Å². The van der Waals surface area contributed by atoms with Crippen LogP contribution in [0.4, 0.5) is 17.6 Å². The predicted octanol–water partition coefficient (Wildman–Crippen LogP) is 3.49. The van der Waals surface area contributed by atoms with Gasteiger partial charge in [-0.25, -0.2) is 0 Å². The summed E-state index contributed by atoms with van der Waals surface area (Å²) >= 11 is 6.08. The minimum atomic E-state index is -0.330. The maximum atomic E-state index is 12.5. The van der Waals surface area contributed by atoms with Crippen molar-refractivity contribution in [3.8, 4) is 6.07 Å². The van der Waals surface area contributed by atoms with E-state index in [0.717, 1.165) is 0 Å². The number of halogens is 1. The topological polar surface area (TPSA) is 121 Å². The third kappa shape index (κ3) is 4.90. The molecule has 1 heterocycles. The molecule has 1 amide bonds.